The smallest absolute Gasteiger partial charge is 0.139 e. The second kappa shape index (κ2) is 6.74. The summed E-state index contributed by atoms with van der Waals surface area (Å²) in [5, 5.41) is 0. The van der Waals surface area contributed by atoms with Gasteiger partial charge in [0.1, 0.15) is 5.78 Å². The molecule has 3 heteroatoms. The van der Waals surface area contributed by atoms with Crippen molar-refractivity contribution in [1.82, 2.24) is 4.90 Å². The van der Waals surface area contributed by atoms with Crippen molar-refractivity contribution < 1.29 is 9.53 Å². The van der Waals surface area contributed by atoms with Gasteiger partial charge in [-0.3, -0.25) is 4.79 Å². The topological polar surface area (TPSA) is 29.5 Å². The lowest BCUT2D eigenvalue weighted by Crippen LogP contribution is -2.50. The second-order valence-electron chi connectivity index (χ2n) is 10.2. The lowest BCUT2D eigenvalue weighted by Gasteiger charge is -2.57. The van der Waals surface area contributed by atoms with E-state index in [-0.39, 0.29) is 5.41 Å². The Labute approximate surface area is 159 Å². The number of fused-ring (bicyclic) bond motifs is 5. The summed E-state index contributed by atoms with van der Waals surface area (Å²) >= 11 is 0. The first-order valence-electron chi connectivity index (χ1n) is 10.9. The number of rotatable bonds is 4. The lowest BCUT2D eigenvalue weighted by atomic mass is 9.47. The molecule has 0 radical (unpaired) electrons. The highest BCUT2D eigenvalue weighted by atomic mass is 16.5. The molecular weight excluding hydrogens is 322 g/mol. The van der Waals surface area contributed by atoms with E-state index in [2.05, 4.69) is 38.9 Å². The molecule has 0 N–H and O–H groups in total. The first-order chi connectivity index (χ1) is 12.3. The van der Waals surface area contributed by atoms with Crippen molar-refractivity contribution in [1.29, 1.82) is 0 Å². The van der Waals surface area contributed by atoms with Gasteiger partial charge in [-0.1, -0.05) is 25.5 Å². The van der Waals surface area contributed by atoms with Crippen LogP contribution in [0.5, 0.6) is 0 Å². The van der Waals surface area contributed by atoms with Crippen LogP contribution in [0.25, 0.3) is 0 Å². The van der Waals surface area contributed by atoms with E-state index in [9.17, 15) is 4.79 Å². The van der Waals surface area contributed by atoms with Crippen molar-refractivity contribution in [2.75, 3.05) is 27.2 Å². The Morgan fingerprint density at radius 2 is 1.77 bits per heavy atom. The summed E-state index contributed by atoms with van der Waals surface area (Å²) in [4.78, 5) is 14.7. The molecule has 26 heavy (non-hydrogen) atoms. The van der Waals surface area contributed by atoms with Crippen molar-refractivity contribution >= 4 is 5.78 Å². The first kappa shape index (κ1) is 18.7. The predicted molar refractivity (Wildman–Crippen MR) is 105 cm³/mol. The van der Waals surface area contributed by atoms with Crippen LogP contribution in [0.3, 0.4) is 0 Å². The average Bonchev–Trinajstić information content (AvgIpc) is 2.90. The molecule has 0 aromatic heterocycles. The number of hydrogen-bond acceptors (Lipinski definition) is 3. The number of likely N-dealkylation sites (N-methyl/N-ethyl adjacent to an activating group) is 1. The number of hydrogen-bond donors (Lipinski definition) is 0. The van der Waals surface area contributed by atoms with Gasteiger partial charge in [0.15, 0.2) is 0 Å². The molecule has 0 aromatic carbocycles. The van der Waals surface area contributed by atoms with Crippen LogP contribution < -0.4 is 0 Å². The summed E-state index contributed by atoms with van der Waals surface area (Å²) in [6.07, 6.45) is 12.1. The highest BCUT2D eigenvalue weighted by Crippen LogP contribution is 2.64. The predicted octanol–water partition coefficient (Wildman–Crippen LogP) is 4.47. The van der Waals surface area contributed by atoms with Crippen molar-refractivity contribution in [2.24, 2.45) is 28.6 Å². The standard InChI is InChI=1S/C23H37NO2/c1-22-11-9-17(26-14-13-24(3)4)15-16(22)5-6-18-19-7-8-21(25)23(19,2)12-10-20(18)22/h15,17-20H,5-14H2,1-4H3/t17-,18?,19?,20?,22-,23-/m0/s1. The molecule has 0 spiro atoms. The maximum absolute atomic E-state index is 12.5. The molecule has 4 rings (SSSR count). The van der Waals surface area contributed by atoms with E-state index in [0.717, 1.165) is 50.7 Å². The van der Waals surface area contributed by atoms with Gasteiger partial charge in [0, 0.05) is 18.4 Å². The largest absolute Gasteiger partial charge is 0.373 e. The van der Waals surface area contributed by atoms with Crippen LogP contribution in [0.15, 0.2) is 11.6 Å². The van der Waals surface area contributed by atoms with E-state index in [1.54, 1.807) is 5.57 Å². The van der Waals surface area contributed by atoms with Crippen LogP contribution >= 0.6 is 0 Å². The van der Waals surface area contributed by atoms with Crippen LogP contribution in [0.2, 0.25) is 0 Å². The summed E-state index contributed by atoms with van der Waals surface area (Å²) in [6.45, 7) is 6.64. The Bertz CT molecular complexity index is 597. The fourth-order valence-electron chi connectivity index (χ4n) is 6.99. The van der Waals surface area contributed by atoms with Crippen LogP contribution in [0, 0.1) is 28.6 Å². The number of carbonyl (C=O) groups is 1. The maximum atomic E-state index is 12.5. The summed E-state index contributed by atoms with van der Waals surface area (Å²) < 4.78 is 6.16. The third kappa shape index (κ3) is 2.90. The van der Waals surface area contributed by atoms with E-state index < -0.39 is 0 Å². The third-order valence-corrected chi connectivity index (χ3v) is 8.65. The molecule has 4 aliphatic carbocycles. The number of ether oxygens (including phenoxy) is 1. The molecule has 3 nitrogen and oxygen atoms in total. The highest BCUT2D eigenvalue weighted by molar-refractivity contribution is 5.87. The van der Waals surface area contributed by atoms with Gasteiger partial charge in [-0.2, -0.15) is 0 Å². The summed E-state index contributed by atoms with van der Waals surface area (Å²) in [5.41, 5.74) is 2.04. The summed E-state index contributed by atoms with van der Waals surface area (Å²) in [7, 11) is 4.21. The van der Waals surface area contributed by atoms with Crippen molar-refractivity contribution in [2.45, 2.75) is 71.3 Å². The fourth-order valence-corrected chi connectivity index (χ4v) is 6.99. The molecular formula is C23H37NO2. The Morgan fingerprint density at radius 1 is 1.04 bits per heavy atom. The van der Waals surface area contributed by atoms with Crippen molar-refractivity contribution in [3.63, 3.8) is 0 Å². The van der Waals surface area contributed by atoms with E-state index in [1.165, 1.54) is 25.7 Å². The number of Topliss-reactive ketones (excluding diaryl/α,β-unsaturated/α-hetero) is 1. The van der Waals surface area contributed by atoms with Gasteiger partial charge >= 0.3 is 0 Å². The van der Waals surface area contributed by atoms with Crippen LogP contribution in [0.4, 0.5) is 0 Å². The second-order valence-corrected chi connectivity index (χ2v) is 10.2. The fraction of sp³-hybridized carbons (Fsp3) is 0.870. The average molecular weight is 360 g/mol. The number of allylic oxidation sites excluding steroid dienone is 1. The quantitative estimate of drug-likeness (QED) is 0.694. The van der Waals surface area contributed by atoms with E-state index >= 15 is 0 Å². The number of ketones is 1. The van der Waals surface area contributed by atoms with Crippen molar-refractivity contribution in [3.8, 4) is 0 Å². The maximum Gasteiger partial charge on any atom is 0.139 e. The van der Waals surface area contributed by atoms with Gasteiger partial charge < -0.3 is 9.64 Å². The minimum absolute atomic E-state index is 0.00520. The molecule has 0 aliphatic heterocycles. The van der Waals surface area contributed by atoms with Gasteiger partial charge in [-0.15, -0.1) is 0 Å². The summed E-state index contributed by atoms with van der Waals surface area (Å²) in [6, 6.07) is 0. The molecule has 0 saturated heterocycles. The zero-order valence-electron chi connectivity index (χ0n) is 17.2. The molecule has 3 fully saturated rings. The van der Waals surface area contributed by atoms with Gasteiger partial charge in [0.05, 0.1) is 12.7 Å². The Hall–Kier alpha value is -0.670. The van der Waals surface area contributed by atoms with E-state index in [1.807, 2.05) is 0 Å². The SMILES string of the molecule is CN(C)CCO[C@@H]1C=C2CCC3C(CC[C@]4(C)C(=O)CCC34)[C@@]2(C)CC1. The highest BCUT2D eigenvalue weighted by Gasteiger charge is 2.58. The number of nitrogens with zero attached hydrogens (tertiary/aromatic N) is 1. The third-order valence-electron chi connectivity index (χ3n) is 8.65. The molecule has 4 aliphatic rings. The zero-order valence-corrected chi connectivity index (χ0v) is 17.2. The Morgan fingerprint density at radius 3 is 2.54 bits per heavy atom. The normalized spacial score (nSPS) is 45.1. The van der Waals surface area contributed by atoms with Crippen LogP contribution in [0.1, 0.15) is 65.2 Å². The van der Waals surface area contributed by atoms with Crippen LogP contribution in [-0.4, -0.2) is 44.0 Å². The lowest BCUT2D eigenvalue weighted by molar-refractivity contribution is -0.132. The molecule has 0 heterocycles. The van der Waals surface area contributed by atoms with E-state index in [4.69, 9.17) is 4.74 Å². The Kier molecular flexibility index (Phi) is 4.84. The minimum Gasteiger partial charge on any atom is -0.373 e. The summed E-state index contributed by atoms with van der Waals surface area (Å²) in [5.74, 6) is 2.77. The minimum atomic E-state index is 0.00520. The zero-order chi connectivity index (χ0) is 18.5. The molecule has 0 amide bonds. The molecule has 3 saturated carbocycles. The van der Waals surface area contributed by atoms with Crippen LogP contribution in [-0.2, 0) is 9.53 Å². The van der Waals surface area contributed by atoms with Gasteiger partial charge in [-0.25, -0.2) is 0 Å². The Balaban J connectivity index is 1.49. The molecule has 6 atom stereocenters. The van der Waals surface area contributed by atoms with Gasteiger partial charge in [0.2, 0.25) is 0 Å². The van der Waals surface area contributed by atoms with Gasteiger partial charge in [-0.05, 0) is 82.2 Å². The number of carbonyl (C=O) groups excluding carboxylic acids is 1. The molecule has 0 bridgehead atoms. The molecule has 146 valence electrons. The molecule has 0 aromatic rings. The van der Waals surface area contributed by atoms with Crippen molar-refractivity contribution in [3.05, 3.63) is 11.6 Å². The molecule has 3 unspecified atom stereocenters. The monoisotopic (exact) mass is 359 g/mol. The van der Waals surface area contributed by atoms with E-state index in [0.29, 0.717) is 23.2 Å². The van der Waals surface area contributed by atoms with Gasteiger partial charge in [0.25, 0.3) is 0 Å². The first-order valence-corrected chi connectivity index (χ1v) is 10.9.